The molecule has 0 aromatic heterocycles. The number of piperidine rings is 1. The monoisotopic (exact) mass is 465 g/mol. The van der Waals surface area contributed by atoms with Crippen LogP contribution in [0.15, 0.2) is 24.3 Å². The van der Waals surface area contributed by atoms with E-state index in [4.69, 9.17) is 4.74 Å². The van der Waals surface area contributed by atoms with Crippen LogP contribution in [-0.2, 0) is 26.1 Å². The first kappa shape index (κ1) is 24.7. The van der Waals surface area contributed by atoms with Crippen molar-refractivity contribution in [2.45, 2.75) is 58.1 Å². The second-order valence-corrected chi connectivity index (χ2v) is 10.7. The summed E-state index contributed by atoms with van der Waals surface area (Å²) in [5.41, 5.74) is 1.41. The number of carbonyl (C=O) groups excluding carboxylic acids is 2. The number of rotatable bonds is 10. The van der Waals surface area contributed by atoms with Gasteiger partial charge in [-0.05, 0) is 49.8 Å². The van der Waals surface area contributed by atoms with Gasteiger partial charge in [0.25, 0.3) is 5.91 Å². The zero-order valence-electron chi connectivity index (χ0n) is 18.8. The lowest BCUT2D eigenvalue weighted by atomic mass is 9.97. The molecule has 1 aromatic carbocycles. The molecule has 2 aliphatic rings. The molecule has 2 fully saturated rings. The molecule has 2 amide bonds. The van der Waals surface area contributed by atoms with Crippen LogP contribution in [0.2, 0.25) is 0 Å². The Morgan fingerprint density at radius 3 is 2.62 bits per heavy atom. The van der Waals surface area contributed by atoms with Crippen LogP contribution in [0.3, 0.4) is 0 Å². The van der Waals surface area contributed by atoms with E-state index in [-0.39, 0.29) is 29.6 Å². The Hall–Kier alpha value is -1.97. The van der Waals surface area contributed by atoms with Gasteiger partial charge >= 0.3 is 0 Å². The van der Waals surface area contributed by atoms with Crippen molar-refractivity contribution in [3.8, 4) is 0 Å². The molecule has 0 spiro atoms. The normalized spacial score (nSPS) is 20.2. The molecule has 3 rings (SSSR count). The maximum absolute atomic E-state index is 12.6. The zero-order valence-corrected chi connectivity index (χ0v) is 19.7. The molecule has 2 saturated heterocycles. The van der Waals surface area contributed by atoms with Crippen molar-refractivity contribution in [3.05, 3.63) is 35.4 Å². The van der Waals surface area contributed by atoms with Gasteiger partial charge in [0.2, 0.25) is 15.9 Å². The Balaban J connectivity index is 1.44. The van der Waals surface area contributed by atoms with E-state index in [9.17, 15) is 18.0 Å². The Labute approximate surface area is 191 Å². The first-order valence-electron chi connectivity index (χ1n) is 11.6. The van der Waals surface area contributed by atoms with Crippen molar-refractivity contribution >= 4 is 21.8 Å². The number of carbonyl (C=O) groups is 2. The van der Waals surface area contributed by atoms with Gasteiger partial charge < -0.3 is 15.4 Å². The second-order valence-electron chi connectivity index (χ2n) is 8.61. The zero-order chi connectivity index (χ0) is 23.0. The van der Waals surface area contributed by atoms with E-state index in [1.54, 1.807) is 12.1 Å². The predicted octanol–water partition coefficient (Wildman–Crippen LogP) is 2.05. The number of hydrogen-bond donors (Lipinski definition) is 2. The van der Waals surface area contributed by atoms with E-state index >= 15 is 0 Å². The van der Waals surface area contributed by atoms with Crippen molar-refractivity contribution in [2.75, 3.05) is 32.0 Å². The minimum absolute atomic E-state index is 0.0659. The van der Waals surface area contributed by atoms with Gasteiger partial charge in [-0.15, -0.1) is 0 Å². The Morgan fingerprint density at radius 1 is 1.16 bits per heavy atom. The summed E-state index contributed by atoms with van der Waals surface area (Å²) in [6.07, 6.45) is 4.66. The van der Waals surface area contributed by atoms with Crippen molar-refractivity contribution < 1.29 is 22.7 Å². The molecule has 178 valence electrons. The summed E-state index contributed by atoms with van der Waals surface area (Å²) < 4.78 is 31.7. The maximum atomic E-state index is 12.6. The maximum Gasteiger partial charge on any atom is 0.251 e. The lowest BCUT2D eigenvalue weighted by Gasteiger charge is -2.30. The summed E-state index contributed by atoms with van der Waals surface area (Å²) in [7, 11) is -3.22. The molecule has 0 saturated carbocycles. The molecule has 9 heteroatoms. The van der Waals surface area contributed by atoms with E-state index in [0.717, 1.165) is 31.4 Å². The van der Waals surface area contributed by atoms with Crippen molar-refractivity contribution in [2.24, 2.45) is 5.92 Å². The lowest BCUT2D eigenvalue weighted by molar-refractivity contribution is -0.126. The molecule has 2 aliphatic heterocycles. The number of nitrogens with one attached hydrogen (secondary N) is 2. The van der Waals surface area contributed by atoms with E-state index < -0.39 is 10.0 Å². The molecule has 2 N–H and O–H groups in total. The second kappa shape index (κ2) is 11.8. The summed E-state index contributed by atoms with van der Waals surface area (Å²) in [5.74, 6) is -0.225. The van der Waals surface area contributed by atoms with Crippen molar-refractivity contribution in [3.63, 3.8) is 0 Å². The Bertz CT molecular complexity index is 875. The standard InChI is InChI=1S/C23H35N3O5S/c1-2-3-14-32(29,30)26-11-9-19(10-12-26)22(27)24-16-18-6-4-7-20(15-18)23(28)25-17-21-8-5-13-31-21/h4,6-7,15,19,21H,2-3,5,8-14,16-17H2,1H3,(H,24,27)(H,25,28). The van der Waals surface area contributed by atoms with Gasteiger partial charge in [0.1, 0.15) is 0 Å². The fourth-order valence-electron chi connectivity index (χ4n) is 4.12. The smallest absolute Gasteiger partial charge is 0.251 e. The first-order chi connectivity index (χ1) is 15.4. The van der Waals surface area contributed by atoms with Crippen LogP contribution in [0.25, 0.3) is 0 Å². The SMILES string of the molecule is CCCCS(=O)(=O)N1CCC(C(=O)NCc2cccc(C(=O)NCC3CCCO3)c2)CC1. The predicted molar refractivity (Wildman–Crippen MR) is 123 cm³/mol. The third kappa shape index (κ3) is 7.02. The van der Waals surface area contributed by atoms with Gasteiger partial charge in [-0.3, -0.25) is 9.59 Å². The van der Waals surface area contributed by atoms with Crippen LogP contribution in [0, 0.1) is 5.92 Å². The average Bonchev–Trinajstić information content (AvgIpc) is 3.33. The van der Waals surface area contributed by atoms with E-state index in [1.165, 1.54) is 4.31 Å². The summed E-state index contributed by atoms with van der Waals surface area (Å²) in [4.78, 5) is 25.0. The van der Waals surface area contributed by atoms with Gasteiger partial charge in [0, 0.05) is 44.3 Å². The molecule has 0 bridgehead atoms. The molecule has 1 aromatic rings. The fourth-order valence-corrected chi connectivity index (χ4v) is 5.80. The van der Waals surface area contributed by atoms with Crippen LogP contribution < -0.4 is 10.6 Å². The first-order valence-corrected chi connectivity index (χ1v) is 13.2. The van der Waals surface area contributed by atoms with Crippen LogP contribution in [0.1, 0.15) is 61.4 Å². The number of benzene rings is 1. The molecule has 1 unspecified atom stereocenters. The van der Waals surface area contributed by atoms with Gasteiger partial charge in [-0.1, -0.05) is 25.5 Å². The lowest BCUT2D eigenvalue weighted by Crippen LogP contribution is -2.43. The van der Waals surface area contributed by atoms with Gasteiger partial charge in [-0.25, -0.2) is 12.7 Å². The molecule has 2 heterocycles. The van der Waals surface area contributed by atoms with Crippen LogP contribution >= 0.6 is 0 Å². The van der Waals surface area contributed by atoms with Crippen LogP contribution in [0.5, 0.6) is 0 Å². The highest BCUT2D eigenvalue weighted by atomic mass is 32.2. The Morgan fingerprint density at radius 2 is 1.94 bits per heavy atom. The molecule has 32 heavy (non-hydrogen) atoms. The number of hydrogen-bond acceptors (Lipinski definition) is 5. The highest BCUT2D eigenvalue weighted by Crippen LogP contribution is 2.21. The average molecular weight is 466 g/mol. The van der Waals surface area contributed by atoms with Crippen molar-refractivity contribution in [1.82, 2.24) is 14.9 Å². The number of unbranched alkanes of at least 4 members (excludes halogenated alkanes) is 1. The van der Waals surface area contributed by atoms with Gasteiger partial charge in [0.15, 0.2) is 0 Å². The largest absolute Gasteiger partial charge is 0.376 e. The number of amides is 2. The molecule has 0 radical (unpaired) electrons. The summed E-state index contributed by atoms with van der Waals surface area (Å²) in [6, 6.07) is 7.22. The molecule has 1 atom stereocenters. The highest BCUT2D eigenvalue weighted by Gasteiger charge is 2.30. The van der Waals surface area contributed by atoms with Crippen LogP contribution in [0.4, 0.5) is 0 Å². The highest BCUT2D eigenvalue weighted by molar-refractivity contribution is 7.89. The van der Waals surface area contributed by atoms with Crippen molar-refractivity contribution in [1.29, 1.82) is 0 Å². The quantitative estimate of drug-likeness (QED) is 0.550. The number of sulfonamides is 1. The van der Waals surface area contributed by atoms with Gasteiger partial charge in [-0.2, -0.15) is 0 Å². The number of ether oxygens (including phenoxy) is 1. The topological polar surface area (TPSA) is 105 Å². The minimum Gasteiger partial charge on any atom is -0.376 e. The van der Waals surface area contributed by atoms with Crippen LogP contribution in [-0.4, -0.2) is 62.6 Å². The van der Waals surface area contributed by atoms with Gasteiger partial charge in [0.05, 0.1) is 11.9 Å². The molecule has 0 aliphatic carbocycles. The molecular weight excluding hydrogens is 430 g/mol. The van der Waals surface area contributed by atoms with E-state index in [2.05, 4.69) is 10.6 Å². The third-order valence-corrected chi connectivity index (χ3v) is 8.10. The fraction of sp³-hybridized carbons (Fsp3) is 0.652. The molecule has 8 nitrogen and oxygen atoms in total. The minimum atomic E-state index is -3.22. The third-order valence-electron chi connectivity index (χ3n) is 6.14. The van der Waals surface area contributed by atoms with E-state index in [0.29, 0.717) is 51.0 Å². The summed E-state index contributed by atoms with van der Waals surface area (Å²) in [6.45, 7) is 4.35. The summed E-state index contributed by atoms with van der Waals surface area (Å²) in [5, 5.41) is 5.85. The Kier molecular flexibility index (Phi) is 9.07. The molecular formula is C23H35N3O5S. The number of nitrogens with zero attached hydrogens (tertiary/aromatic N) is 1. The summed E-state index contributed by atoms with van der Waals surface area (Å²) >= 11 is 0. The van der Waals surface area contributed by atoms with E-state index in [1.807, 2.05) is 19.1 Å².